The summed E-state index contributed by atoms with van der Waals surface area (Å²) in [5.41, 5.74) is 3.27. The Bertz CT molecular complexity index is 434. The molecule has 0 aliphatic rings. The van der Waals surface area contributed by atoms with E-state index in [2.05, 4.69) is 29.7 Å². The quantitative estimate of drug-likeness (QED) is 0.698. The Hall–Kier alpha value is -1.28. The first kappa shape index (κ1) is 9.28. The molecule has 0 bridgehead atoms. The second-order valence-corrected chi connectivity index (χ2v) is 3.69. The highest BCUT2D eigenvalue weighted by atomic mass is 32.1. The Morgan fingerprint density at radius 2 is 1.86 bits per heavy atom. The smallest absolute Gasteiger partial charge is 0.0373 e. The van der Waals surface area contributed by atoms with Crippen LogP contribution in [-0.4, -0.2) is 4.98 Å². The molecule has 2 rings (SSSR count). The Balaban J connectivity index is 2.50. The van der Waals surface area contributed by atoms with E-state index >= 15 is 0 Å². The number of hydrogen-bond acceptors (Lipinski definition) is 2. The third-order valence-corrected chi connectivity index (χ3v) is 2.52. The maximum atomic E-state index is 4.41. The molecule has 2 heteroatoms. The Morgan fingerprint density at radius 1 is 1.07 bits per heavy atom. The largest absolute Gasteiger partial charge is 0.261 e. The third kappa shape index (κ3) is 1.80. The van der Waals surface area contributed by atoms with Crippen LogP contribution in [0.3, 0.4) is 0 Å². The second-order valence-electron chi connectivity index (χ2n) is 3.21. The van der Waals surface area contributed by atoms with Crippen molar-refractivity contribution in [2.45, 2.75) is 11.8 Å². The number of pyridine rings is 1. The normalized spacial score (nSPS) is 10.1. The molecule has 0 saturated heterocycles. The second kappa shape index (κ2) is 3.84. The fourth-order valence-corrected chi connectivity index (χ4v) is 1.63. The highest BCUT2D eigenvalue weighted by molar-refractivity contribution is 7.80. The van der Waals surface area contributed by atoms with Crippen molar-refractivity contribution in [1.82, 2.24) is 4.98 Å². The van der Waals surface area contributed by atoms with E-state index in [1.165, 1.54) is 0 Å². The van der Waals surface area contributed by atoms with Crippen LogP contribution < -0.4 is 0 Å². The number of aromatic nitrogens is 1. The van der Waals surface area contributed by atoms with Gasteiger partial charge in [0, 0.05) is 22.3 Å². The molecule has 1 heterocycles. The molecule has 14 heavy (non-hydrogen) atoms. The molecule has 0 saturated carbocycles. The molecule has 2 aromatic rings. The highest BCUT2D eigenvalue weighted by Gasteiger charge is 2.00. The topological polar surface area (TPSA) is 12.9 Å². The molecule has 0 radical (unpaired) electrons. The number of thiol groups is 1. The van der Waals surface area contributed by atoms with Gasteiger partial charge in [-0.15, -0.1) is 12.6 Å². The van der Waals surface area contributed by atoms with Gasteiger partial charge in [-0.1, -0.05) is 24.3 Å². The molecular formula is C12H11NS. The van der Waals surface area contributed by atoms with Crippen molar-refractivity contribution in [3.05, 3.63) is 48.3 Å². The molecule has 1 aromatic carbocycles. The third-order valence-electron chi connectivity index (χ3n) is 2.13. The summed E-state index contributed by atoms with van der Waals surface area (Å²) < 4.78 is 0. The summed E-state index contributed by atoms with van der Waals surface area (Å²) in [6.07, 6.45) is 1.88. The molecule has 1 nitrogen and oxygen atoms in total. The van der Waals surface area contributed by atoms with E-state index in [-0.39, 0.29) is 0 Å². The van der Waals surface area contributed by atoms with Crippen molar-refractivity contribution in [2.24, 2.45) is 0 Å². The summed E-state index contributed by atoms with van der Waals surface area (Å²) in [6.45, 7) is 1.98. The first-order valence-electron chi connectivity index (χ1n) is 4.48. The van der Waals surface area contributed by atoms with Crippen LogP contribution in [0, 0.1) is 6.92 Å². The molecule has 0 spiro atoms. The van der Waals surface area contributed by atoms with Crippen LogP contribution in [0.2, 0.25) is 0 Å². The van der Waals surface area contributed by atoms with E-state index < -0.39 is 0 Å². The summed E-state index contributed by atoms with van der Waals surface area (Å²) in [4.78, 5) is 5.25. The molecule has 0 aliphatic carbocycles. The fourth-order valence-electron chi connectivity index (χ4n) is 1.34. The summed E-state index contributed by atoms with van der Waals surface area (Å²) in [5, 5.41) is 0. The van der Waals surface area contributed by atoms with Gasteiger partial charge in [0.05, 0.1) is 0 Å². The van der Waals surface area contributed by atoms with Gasteiger partial charge in [-0.2, -0.15) is 0 Å². The van der Waals surface area contributed by atoms with Crippen molar-refractivity contribution in [3.63, 3.8) is 0 Å². The number of rotatable bonds is 1. The van der Waals surface area contributed by atoms with Crippen LogP contribution in [0.25, 0.3) is 11.1 Å². The number of nitrogens with zero attached hydrogens (tertiary/aromatic N) is 1. The van der Waals surface area contributed by atoms with Crippen LogP contribution in [0.15, 0.2) is 47.5 Å². The molecule has 1 aromatic heterocycles. The van der Waals surface area contributed by atoms with Crippen molar-refractivity contribution < 1.29 is 0 Å². The summed E-state index contributed by atoms with van der Waals surface area (Å²) in [7, 11) is 0. The molecule has 0 N–H and O–H groups in total. The lowest BCUT2D eigenvalue weighted by molar-refractivity contribution is 1.20. The lowest BCUT2D eigenvalue weighted by atomic mass is 10.1. The van der Waals surface area contributed by atoms with Gasteiger partial charge in [-0.25, -0.2) is 0 Å². The molecule has 70 valence electrons. The molecule has 0 fully saturated rings. The highest BCUT2D eigenvalue weighted by Crippen LogP contribution is 2.25. The predicted molar refractivity (Wildman–Crippen MR) is 61.7 cm³/mol. The van der Waals surface area contributed by atoms with Gasteiger partial charge in [0.15, 0.2) is 0 Å². The van der Waals surface area contributed by atoms with Crippen molar-refractivity contribution in [3.8, 4) is 11.1 Å². The lowest BCUT2D eigenvalue weighted by Gasteiger charge is -2.04. The summed E-state index contributed by atoms with van der Waals surface area (Å²) in [6, 6.07) is 12.1. The zero-order valence-corrected chi connectivity index (χ0v) is 8.83. The average molecular weight is 201 g/mol. The van der Waals surface area contributed by atoms with Crippen LogP contribution in [-0.2, 0) is 0 Å². The average Bonchev–Trinajstić information content (AvgIpc) is 2.20. The molecule has 0 aliphatic heterocycles. The minimum absolute atomic E-state index is 0.984. The minimum Gasteiger partial charge on any atom is -0.261 e. The summed E-state index contributed by atoms with van der Waals surface area (Å²) >= 11 is 4.41. The lowest BCUT2D eigenvalue weighted by Crippen LogP contribution is -1.83. The van der Waals surface area contributed by atoms with Crippen LogP contribution >= 0.6 is 12.6 Å². The van der Waals surface area contributed by atoms with Crippen LogP contribution in [0.4, 0.5) is 0 Å². The fraction of sp³-hybridized carbons (Fsp3) is 0.0833. The number of aryl methyl sites for hydroxylation is 1. The maximum Gasteiger partial charge on any atom is 0.0373 e. The van der Waals surface area contributed by atoms with E-state index in [0.717, 1.165) is 21.7 Å². The van der Waals surface area contributed by atoms with Gasteiger partial charge in [-0.05, 0) is 24.6 Å². The van der Waals surface area contributed by atoms with E-state index in [9.17, 15) is 0 Å². The van der Waals surface area contributed by atoms with Crippen LogP contribution in [0.5, 0.6) is 0 Å². The number of benzene rings is 1. The first-order valence-corrected chi connectivity index (χ1v) is 4.93. The van der Waals surface area contributed by atoms with Gasteiger partial charge < -0.3 is 0 Å². The van der Waals surface area contributed by atoms with Gasteiger partial charge in [0.1, 0.15) is 0 Å². The monoisotopic (exact) mass is 201 g/mol. The van der Waals surface area contributed by atoms with Crippen molar-refractivity contribution in [2.75, 3.05) is 0 Å². The SMILES string of the molecule is Cc1ccc(-c2ccccc2S)cn1. The van der Waals surface area contributed by atoms with Gasteiger partial charge in [-0.3, -0.25) is 4.98 Å². The van der Waals surface area contributed by atoms with Crippen LogP contribution in [0.1, 0.15) is 5.69 Å². The van der Waals surface area contributed by atoms with Crippen molar-refractivity contribution >= 4 is 12.6 Å². The van der Waals surface area contributed by atoms with E-state index in [4.69, 9.17) is 0 Å². The van der Waals surface area contributed by atoms with Crippen molar-refractivity contribution in [1.29, 1.82) is 0 Å². The molecule has 0 atom stereocenters. The Kier molecular flexibility index (Phi) is 2.55. The van der Waals surface area contributed by atoms with Gasteiger partial charge in [0.25, 0.3) is 0 Å². The first-order chi connectivity index (χ1) is 6.77. The standard InChI is InChI=1S/C12H11NS/c1-9-6-7-10(8-13-9)11-4-2-3-5-12(11)14/h2-8,14H,1H3. The van der Waals surface area contributed by atoms with E-state index in [1.54, 1.807) is 0 Å². The predicted octanol–water partition coefficient (Wildman–Crippen LogP) is 3.35. The zero-order valence-electron chi connectivity index (χ0n) is 7.94. The Morgan fingerprint density at radius 3 is 2.50 bits per heavy atom. The Labute approximate surface area is 89.2 Å². The van der Waals surface area contributed by atoms with E-state index in [0.29, 0.717) is 0 Å². The molecule has 0 unspecified atom stereocenters. The van der Waals surface area contributed by atoms with Gasteiger partial charge in [0.2, 0.25) is 0 Å². The maximum absolute atomic E-state index is 4.41. The van der Waals surface area contributed by atoms with Gasteiger partial charge >= 0.3 is 0 Å². The minimum atomic E-state index is 0.984. The number of hydrogen-bond donors (Lipinski definition) is 1. The van der Waals surface area contributed by atoms with E-state index in [1.807, 2.05) is 37.4 Å². The summed E-state index contributed by atoms with van der Waals surface area (Å²) in [5.74, 6) is 0. The molecule has 0 amide bonds. The zero-order chi connectivity index (χ0) is 9.97. The molecular weight excluding hydrogens is 190 g/mol.